The zero-order valence-corrected chi connectivity index (χ0v) is 21.8. The molecule has 0 amide bonds. The number of imidazole rings is 1. The summed E-state index contributed by atoms with van der Waals surface area (Å²) in [7, 11) is 2.15. The number of nitrogen functional groups attached to an aromatic ring is 1. The lowest BCUT2D eigenvalue weighted by Crippen LogP contribution is -2.43. The molecule has 0 saturated carbocycles. The Morgan fingerprint density at radius 1 is 1.03 bits per heavy atom. The number of unbranched alkanes of at least 4 members (excludes halogenated alkanes) is 1. The van der Waals surface area contributed by atoms with Gasteiger partial charge < -0.3 is 25.1 Å². The van der Waals surface area contributed by atoms with Crippen molar-refractivity contribution < 1.29 is 9.47 Å². The van der Waals surface area contributed by atoms with Gasteiger partial charge in [-0.25, -0.2) is 9.78 Å². The molecule has 0 radical (unpaired) electrons. The van der Waals surface area contributed by atoms with Crippen LogP contribution in [0.2, 0.25) is 0 Å². The summed E-state index contributed by atoms with van der Waals surface area (Å²) in [5.41, 5.74) is 8.28. The molecule has 4 aromatic heterocycles. The van der Waals surface area contributed by atoms with Crippen LogP contribution in [0.15, 0.2) is 41.5 Å². The minimum absolute atomic E-state index is 0.154. The first kappa shape index (κ1) is 25.6. The highest BCUT2D eigenvalue weighted by molar-refractivity contribution is 5.81. The minimum Gasteiger partial charge on any atom is -0.463 e. The number of hydrogen-bond donors (Lipinski definition) is 2. The Balaban J connectivity index is 1.23. The van der Waals surface area contributed by atoms with E-state index in [1.165, 1.54) is 4.57 Å². The molecule has 200 valence electrons. The van der Waals surface area contributed by atoms with E-state index in [2.05, 4.69) is 48.7 Å². The number of nitrogens with two attached hydrogens (primary N) is 1. The SMILES string of the molecule is CCCCOc1nc(N)c2[nH]c(=O)n(Cc3ccc(Oc4ccc(CN5CCN(C)CC5)nc4)nc3)c2n1. The lowest BCUT2D eigenvalue weighted by Gasteiger charge is -2.32. The van der Waals surface area contributed by atoms with Crippen LogP contribution < -0.4 is 20.9 Å². The van der Waals surface area contributed by atoms with Crippen LogP contribution in [0.25, 0.3) is 11.2 Å². The van der Waals surface area contributed by atoms with Gasteiger partial charge in [0.15, 0.2) is 11.5 Å². The van der Waals surface area contributed by atoms with Crippen molar-refractivity contribution in [3.8, 4) is 17.6 Å². The second-order valence-electron chi connectivity index (χ2n) is 9.48. The summed E-state index contributed by atoms with van der Waals surface area (Å²) < 4.78 is 13.0. The van der Waals surface area contributed by atoms with E-state index < -0.39 is 0 Å². The quantitative estimate of drug-likeness (QED) is 0.300. The Kier molecular flexibility index (Phi) is 7.80. The molecule has 0 aliphatic carbocycles. The third kappa shape index (κ3) is 6.09. The van der Waals surface area contributed by atoms with Crippen molar-refractivity contribution in [3.05, 3.63) is 58.4 Å². The summed E-state index contributed by atoms with van der Waals surface area (Å²) in [5, 5.41) is 0. The van der Waals surface area contributed by atoms with E-state index in [1.54, 1.807) is 18.5 Å². The van der Waals surface area contributed by atoms with E-state index >= 15 is 0 Å². The van der Waals surface area contributed by atoms with Crippen LogP contribution in [0.4, 0.5) is 5.82 Å². The van der Waals surface area contributed by atoms with Crippen LogP contribution in [0.3, 0.4) is 0 Å². The average molecular weight is 520 g/mol. The number of aromatic amines is 1. The Bertz CT molecular complexity index is 1410. The highest BCUT2D eigenvalue weighted by Gasteiger charge is 2.16. The number of nitrogens with one attached hydrogen (secondary N) is 1. The Hall–Kier alpha value is -4.03. The molecule has 3 N–H and O–H groups in total. The van der Waals surface area contributed by atoms with Crippen molar-refractivity contribution in [1.82, 2.24) is 39.3 Å². The summed E-state index contributed by atoms with van der Waals surface area (Å²) in [5.74, 6) is 1.22. The number of anilines is 1. The van der Waals surface area contributed by atoms with Gasteiger partial charge in [0, 0.05) is 45.0 Å². The first-order valence-electron chi connectivity index (χ1n) is 12.9. The van der Waals surface area contributed by atoms with E-state index in [4.69, 9.17) is 15.2 Å². The third-order valence-corrected chi connectivity index (χ3v) is 6.50. The van der Waals surface area contributed by atoms with Gasteiger partial charge in [-0.15, -0.1) is 0 Å². The third-order valence-electron chi connectivity index (χ3n) is 6.50. The zero-order chi connectivity index (χ0) is 26.5. The average Bonchev–Trinajstić information content (AvgIpc) is 3.23. The molecule has 12 heteroatoms. The first-order chi connectivity index (χ1) is 18.5. The number of nitrogens with zero attached hydrogens (tertiary/aromatic N) is 7. The van der Waals surface area contributed by atoms with Gasteiger partial charge in [-0.05, 0) is 31.2 Å². The van der Waals surface area contributed by atoms with Gasteiger partial charge in [-0.2, -0.15) is 9.97 Å². The maximum absolute atomic E-state index is 12.6. The molecule has 0 atom stereocenters. The maximum Gasteiger partial charge on any atom is 0.328 e. The van der Waals surface area contributed by atoms with Gasteiger partial charge in [-0.1, -0.05) is 19.4 Å². The summed E-state index contributed by atoms with van der Waals surface area (Å²) in [6.07, 6.45) is 5.24. The Morgan fingerprint density at radius 2 is 1.87 bits per heavy atom. The number of pyridine rings is 2. The molecule has 0 bridgehead atoms. The predicted molar refractivity (Wildman–Crippen MR) is 143 cm³/mol. The standard InChI is InChI=1S/C26H33N9O3/c1-3-4-13-37-25-31-23(27)22-24(32-25)35(26(36)30-22)16-18-5-8-21(29-14-18)38-20-7-6-19(28-15-20)17-34-11-9-33(2)10-12-34/h5-8,14-15H,3-4,9-13,16-17H2,1-2H3,(H,30,36)(H2,27,31,32). The van der Waals surface area contributed by atoms with Gasteiger partial charge in [0.05, 0.1) is 25.0 Å². The maximum atomic E-state index is 12.6. The van der Waals surface area contributed by atoms with Crippen LogP contribution in [0.5, 0.6) is 17.6 Å². The van der Waals surface area contributed by atoms with E-state index in [1.807, 2.05) is 18.2 Å². The normalized spacial score (nSPS) is 14.7. The molecule has 12 nitrogen and oxygen atoms in total. The second-order valence-corrected chi connectivity index (χ2v) is 9.48. The largest absolute Gasteiger partial charge is 0.463 e. The van der Waals surface area contributed by atoms with Crippen molar-refractivity contribution in [1.29, 1.82) is 0 Å². The van der Waals surface area contributed by atoms with E-state index in [0.717, 1.165) is 56.8 Å². The Labute approximate surface area is 220 Å². The second kappa shape index (κ2) is 11.6. The smallest absolute Gasteiger partial charge is 0.328 e. The van der Waals surface area contributed by atoms with Crippen LogP contribution in [-0.2, 0) is 13.1 Å². The Morgan fingerprint density at radius 3 is 2.58 bits per heavy atom. The zero-order valence-electron chi connectivity index (χ0n) is 21.8. The van der Waals surface area contributed by atoms with Crippen LogP contribution in [-0.4, -0.2) is 79.1 Å². The predicted octanol–water partition coefficient (Wildman–Crippen LogP) is 2.26. The topological polar surface area (TPSA) is 140 Å². The van der Waals surface area contributed by atoms with Gasteiger partial charge >= 0.3 is 11.7 Å². The molecule has 5 heterocycles. The fourth-order valence-electron chi connectivity index (χ4n) is 4.22. The van der Waals surface area contributed by atoms with E-state index in [9.17, 15) is 4.79 Å². The fourth-order valence-corrected chi connectivity index (χ4v) is 4.22. The number of fused-ring (bicyclic) bond motifs is 1. The summed E-state index contributed by atoms with van der Waals surface area (Å²) in [6, 6.07) is 7.66. The number of piperazine rings is 1. The van der Waals surface area contributed by atoms with Crippen molar-refractivity contribution in [2.24, 2.45) is 0 Å². The van der Waals surface area contributed by atoms with Crippen LogP contribution in [0, 0.1) is 0 Å². The lowest BCUT2D eigenvalue weighted by atomic mass is 10.2. The monoisotopic (exact) mass is 519 g/mol. The molecule has 1 saturated heterocycles. The van der Waals surface area contributed by atoms with Gasteiger partial charge in [-0.3, -0.25) is 14.5 Å². The molecule has 1 aliphatic rings. The van der Waals surface area contributed by atoms with Crippen molar-refractivity contribution in [3.63, 3.8) is 0 Å². The molecule has 4 aromatic rings. The number of likely N-dealkylation sites (N-methyl/N-ethyl adjacent to an activating group) is 1. The van der Waals surface area contributed by atoms with Gasteiger partial charge in [0.25, 0.3) is 0 Å². The van der Waals surface area contributed by atoms with Gasteiger partial charge in [0.2, 0.25) is 5.88 Å². The number of rotatable bonds is 10. The van der Waals surface area contributed by atoms with Crippen molar-refractivity contribution in [2.45, 2.75) is 32.9 Å². The molecule has 1 fully saturated rings. The molecule has 0 unspecified atom stereocenters. The van der Waals surface area contributed by atoms with E-state index in [0.29, 0.717) is 29.4 Å². The number of aromatic nitrogens is 6. The fraction of sp³-hybridized carbons (Fsp3) is 0.423. The highest BCUT2D eigenvalue weighted by Crippen LogP contribution is 2.21. The molecule has 38 heavy (non-hydrogen) atoms. The van der Waals surface area contributed by atoms with Crippen molar-refractivity contribution in [2.75, 3.05) is 45.6 Å². The van der Waals surface area contributed by atoms with Gasteiger partial charge in [0.1, 0.15) is 11.3 Å². The number of H-pyrrole nitrogens is 1. The lowest BCUT2D eigenvalue weighted by molar-refractivity contribution is 0.147. The molecular weight excluding hydrogens is 486 g/mol. The summed E-state index contributed by atoms with van der Waals surface area (Å²) in [6.45, 7) is 7.88. The molecule has 0 spiro atoms. The number of hydrogen-bond acceptors (Lipinski definition) is 10. The molecule has 0 aromatic carbocycles. The van der Waals surface area contributed by atoms with Crippen LogP contribution in [0.1, 0.15) is 31.0 Å². The van der Waals surface area contributed by atoms with Crippen LogP contribution >= 0.6 is 0 Å². The summed E-state index contributed by atoms with van der Waals surface area (Å²) in [4.78, 5) is 37.6. The highest BCUT2D eigenvalue weighted by atomic mass is 16.5. The van der Waals surface area contributed by atoms with Crippen molar-refractivity contribution >= 4 is 17.0 Å². The minimum atomic E-state index is -0.338. The first-order valence-corrected chi connectivity index (χ1v) is 12.9. The van der Waals surface area contributed by atoms with E-state index in [-0.39, 0.29) is 24.1 Å². The number of ether oxygens (including phenoxy) is 2. The molecular formula is C26H33N9O3. The molecule has 1 aliphatic heterocycles. The molecule has 5 rings (SSSR count). The summed E-state index contributed by atoms with van der Waals surface area (Å²) >= 11 is 0.